The molecule has 0 aromatic carbocycles. The molecule has 0 amide bonds. The molecule has 0 bridgehead atoms. The summed E-state index contributed by atoms with van der Waals surface area (Å²) < 4.78 is 0. The largest absolute Gasteiger partial charge is 0.396 e. The zero-order valence-electron chi connectivity index (χ0n) is 5.70. The smallest absolute Gasteiger partial charge is 0.0849 e. The highest BCUT2D eigenvalue weighted by molar-refractivity contribution is 5.53. The summed E-state index contributed by atoms with van der Waals surface area (Å²) in [5.41, 5.74) is 0. The minimum atomic E-state index is -0.912. The number of hydrogen-bond acceptors (Lipinski definition) is 4. The van der Waals surface area contributed by atoms with Crippen LogP contribution < -0.4 is 0 Å². The third-order valence-corrected chi connectivity index (χ3v) is 1.23. The van der Waals surface area contributed by atoms with Gasteiger partial charge >= 0.3 is 0 Å². The molecule has 0 rings (SSSR count). The van der Waals surface area contributed by atoms with E-state index in [0.29, 0.717) is 0 Å². The van der Waals surface area contributed by atoms with Gasteiger partial charge in [0.1, 0.15) is 0 Å². The minimum absolute atomic E-state index is 0.140. The summed E-state index contributed by atoms with van der Waals surface area (Å²) in [6.45, 7) is -0.143. The molecule has 0 aliphatic heterocycles. The van der Waals surface area contributed by atoms with Crippen LogP contribution in [0.5, 0.6) is 0 Å². The molecule has 2 atom stereocenters. The number of aliphatic hydroxyl groups excluding tert-OH is 3. The Bertz CT molecular complexity index is 97.0. The SMILES string of the molecule is N=CC[C@@H](O)[C@H](O)CCO. The summed E-state index contributed by atoms with van der Waals surface area (Å²) in [5, 5.41) is 32.8. The van der Waals surface area contributed by atoms with E-state index in [-0.39, 0.29) is 19.4 Å². The second-order valence-corrected chi connectivity index (χ2v) is 2.09. The van der Waals surface area contributed by atoms with Gasteiger partial charge in [0.15, 0.2) is 0 Å². The Morgan fingerprint density at radius 3 is 2.30 bits per heavy atom. The molecule has 0 fully saturated rings. The highest BCUT2D eigenvalue weighted by Gasteiger charge is 2.13. The summed E-state index contributed by atoms with van der Waals surface area (Å²) in [6, 6.07) is 0. The minimum Gasteiger partial charge on any atom is -0.396 e. The fourth-order valence-corrected chi connectivity index (χ4v) is 0.602. The molecule has 0 aliphatic rings. The van der Waals surface area contributed by atoms with E-state index >= 15 is 0 Å². The lowest BCUT2D eigenvalue weighted by Gasteiger charge is -2.13. The van der Waals surface area contributed by atoms with Gasteiger partial charge in [-0.1, -0.05) is 0 Å². The van der Waals surface area contributed by atoms with Gasteiger partial charge in [-0.15, -0.1) is 0 Å². The summed E-state index contributed by atoms with van der Waals surface area (Å²) in [4.78, 5) is 0. The molecule has 4 N–H and O–H groups in total. The Hall–Kier alpha value is -0.450. The highest BCUT2D eigenvalue weighted by atomic mass is 16.3. The van der Waals surface area contributed by atoms with Gasteiger partial charge in [0, 0.05) is 13.0 Å². The Balaban J connectivity index is 3.47. The van der Waals surface area contributed by atoms with E-state index in [1.165, 1.54) is 0 Å². The van der Waals surface area contributed by atoms with E-state index in [9.17, 15) is 0 Å². The molecule has 60 valence electrons. The molecule has 0 aromatic heterocycles. The van der Waals surface area contributed by atoms with Crippen molar-refractivity contribution in [3.63, 3.8) is 0 Å². The van der Waals surface area contributed by atoms with Crippen LogP contribution in [0, 0.1) is 5.41 Å². The average Bonchev–Trinajstić information content (AvgIpc) is 1.89. The zero-order valence-corrected chi connectivity index (χ0v) is 5.70. The maximum atomic E-state index is 8.94. The first-order chi connectivity index (χ1) is 4.72. The van der Waals surface area contributed by atoms with Crippen LogP contribution >= 0.6 is 0 Å². The van der Waals surface area contributed by atoms with Gasteiger partial charge in [-0.3, -0.25) is 0 Å². The van der Waals surface area contributed by atoms with Crippen LogP contribution in [0.1, 0.15) is 12.8 Å². The maximum absolute atomic E-state index is 8.94. The first-order valence-corrected chi connectivity index (χ1v) is 3.18. The van der Waals surface area contributed by atoms with Gasteiger partial charge < -0.3 is 20.7 Å². The molecule has 0 aromatic rings. The molecule has 4 nitrogen and oxygen atoms in total. The van der Waals surface area contributed by atoms with Crippen molar-refractivity contribution in [2.24, 2.45) is 0 Å². The number of aliphatic hydroxyl groups is 3. The summed E-state index contributed by atoms with van der Waals surface area (Å²) in [5.74, 6) is 0. The van der Waals surface area contributed by atoms with Crippen molar-refractivity contribution in [1.82, 2.24) is 0 Å². The second kappa shape index (κ2) is 5.34. The number of rotatable bonds is 5. The van der Waals surface area contributed by atoms with Crippen molar-refractivity contribution >= 4 is 6.21 Å². The number of hydrogen-bond donors (Lipinski definition) is 4. The highest BCUT2D eigenvalue weighted by Crippen LogP contribution is 2.00. The van der Waals surface area contributed by atoms with E-state index in [1.54, 1.807) is 0 Å². The molecule has 4 heteroatoms. The van der Waals surface area contributed by atoms with Crippen LogP contribution in [-0.4, -0.2) is 40.3 Å². The summed E-state index contributed by atoms with van der Waals surface area (Å²) >= 11 is 0. The van der Waals surface area contributed by atoms with Crippen molar-refractivity contribution < 1.29 is 15.3 Å². The van der Waals surface area contributed by atoms with E-state index in [4.69, 9.17) is 20.7 Å². The summed E-state index contributed by atoms with van der Waals surface area (Å²) in [7, 11) is 0. The monoisotopic (exact) mass is 147 g/mol. The van der Waals surface area contributed by atoms with Crippen LogP contribution in [0.25, 0.3) is 0 Å². The van der Waals surface area contributed by atoms with E-state index in [2.05, 4.69) is 0 Å². The Kier molecular flexibility index (Phi) is 5.10. The molecule has 0 spiro atoms. The van der Waals surface area contributed by atoms with Crippen molar-refractivity contribution in [3.05, 3.63) is 0 Å². The van der Waals surface area contributed by atoms with Crippen LogP contribution in [-0.2, 0) is 0 Å². The predicted octanol–water partition coefficient (Wildman–Crippen LogP) is -0.870. The molecule has 0 aliphatic carbocycles. The lowest BCUT2D eigenvalue weighted by atomic mass is 10.1. The van der Waals surface area contributed by atoms with Gasteiger partial charge in [0.25, 0.3) is 0 Å². The molecule has 0 radical (unpaired) electrons. The van der Waals surface area contributed by atoms with Crippen molar-refractivity contribution in [1.29, 1.82) is 5.41 Å². The van der Waals surface area contributed by atoms with E-state index < -0.39 is 12.2 Å². The average molecular weight is 147 g/mol. The fraction of sp³-hybridized carbons (Fsp3) is 0.833. The van der Waals surface area contributed by atoms with Crippen LogP contribution in [0.2, 0.25) is 0 Å². The quantitative estimate of drug-likeness (QED) is 0.381. The Labute approximate surface area is 59.6 Å². The predicted molar refractivity (Wildman–Crippen MR) is 37.1 cm³/mol. The number of nitrogens with one attached hydrogen (secondary N) is 1. The van der Waals surface area contributed by atoms with Crippen molar-refractivity contribution in [3.8, 4) is 0 Å². The first kappa shape index (κ1) is 9.55. The van der Waals surface area contributed by atoms with Gasteiger partial charge in [-0.2, -0.15) is 0 Å². The van der Waals surface area contributed by atoms with E-state index in [1.807, 2.05) is 0 Å². The normalized spacial score (nSPS) is 16.3. The van der Waals surface area contributed by atoms with Gasteiger partial charge in [0.05, 0.1) is 12.2 Å². The van der Waals surface area contributed by atoms with Crippen LogP contribution in [0.3, 0.4) is 0 Å². The first-order valence-electron chi connectivity index (χ1n) is 3.18. The molecule has 10 heavy (non-hydrogen) atoms. The van der Waals surface area contributed by atoms with E-state index in [0.717, 1.165) is 6.21 Å². The molecule has 0 saturated carbocycles. The van der Waals surface area contributed by atoms with Gasteiger partial charge in [-0.25, -0.2) is 0 Å². The fourth-order valence-electron chi connectivity index (χ4n) is 0.602. The summed E-state index contributed by atoms with van der Waals surface area (Å²) in [6.07, 6.45) is -0.488. The Morgan fingerprint density at radius 1 is 1.30 bits per heavy atom. The van der Waals surface area contributed by atoms with Crippen molar-refractivity contribution in [2.45, 2.75) is 25.0 Å². The lowest BCUT2D eigenvalue weighted by molar-refractivity contribution is 0.0102. The van der Waals surface area contributed by atoms with Crippen molar-refractivity contribution in [2.75, 3.05) is 6.61 Å². The van der Waals surface area contributed by atoms with Crippen LogP contribution in [0.4, 0.5) is 0 Å². The van der Waals surface area contributed by atoms with Crippen LogP contribution in [0.15, 0.2) is 0 Å². The lowest BCUT2D eigenvalue weighted by Crippen LogP contribution is -2.26. The molecule has 0 heterocycles. The maximum Gasteiger partial charge on any atom is 0.0849 e. The Morgan fingerprint density at radius 2 is 1.90 bits per heavy atom. The molecular weight excluding hydrogens is 134 g/mol. The molecule has 0 saturated heterocycles. The van der Waals surface area contributed by atoms with Gasteiger partial charge in [0.2, 0.25) is 0 Å². The standard InChI is InChI=1S/C6H13NO3/c7-3-1-5(9)6(10)2-4-8/h3,5-10H,1-2,4H2/t5-,6-/m1/s1. The van der Waals surface area contributed by atoms with Gasteiger partial charge in [-0.05, 0) is 12.6 Å². The molecular formula is C6H13NO3. The zero-order chi connectivity index (χ0) is 7.98. The third-order valence-electron chi connectivity index (χ3n) is 1.23. The topological polar surface area (TPSA) is 84.5 Å². The third kappa shape index (κ3) is 3.55. The molecule has 0 unspecified atom stereocenters. The second-order valence-electron chi connectivity index (χ2n) is 2.09.